The van der Waals surface area contributed by atoms with Crippen molar-refractivity contribution in [3.63, 3.8) is 0 Å². The molecule has 0 aliphatic carbocycles. The summed E-state index contributed by atoms with van der Waals surface area (Å²) >= 11 is 2.50. The van der Waals surface area contributed by atoms with E-state index in [9.17, 15) is 35.9 Å². The molecule has 0 atom stereocenters. The molecule has 2 amide bonds. The van der Waals surface area contributed by atoms with Crippen LogP contribution in [0.15, 0.2) is 83.9 Å². The van der Waals surface area contributed by atoms with Crippen molar-refractivity contribution in [1.29, 1.82) is 0 Å². The van der Waals surface area contributed by atoms with Gasteiger partial charge in [-0.15, -0.1) is 22.7 Å². The predicted molar refractivity (Wildman–Crippen MR) is 149 cm³/mol. The zero-order chi connectivity index (χ0) is 30.1. The first-order valence-corrected chi connectivity index (χ1v) is 14.0. The Balaban J connectivity index is 1.38. The van der Waals surface area contributed by atoms with Crippen LogP contribution in [-0.2, 0) is 21.9 Å². The summed E-state index contributed by atoms with van der Waals surface area (Å²) in [5.41, 5.74) is 0.886. The fourth-order valence-corrected chi connectivity index (χ4v) is 7.19. The van der Waals surface area contributed by atoms with Gasteiger partial charge in [-0.1, -0.05) is 24.3 Å². The topological polar surface area (TPSA) is 40.6 Å². The molecular formula is C30H18F6N2O2S2. The summed E-state index contributed by atoms with van der Waals surface area (Å²) in [7, 11) is 3.11. The number of rotatable bonds is 4. The second-order valence-electron chi connectivity index (χ2n) is 9.65. The zero-order valence-corrected chi connectivity index (χ0v) is 23.4. The summed E-state index contributed by atoms with van der Waals surface area (Å²) in [5, 5.41) is 0. The molecule has 2 aromatic heterocycles. The number of halogens is 6. The maximum Gasteiger partial charge on any atom is 0.416 e. The lowest BCUT2D eigenvalue weighted by atomic mass is 10.1. The largest absolute Gasteiger partial charge is 0.416 e. The number of likely N-dealkylation sites (N-methyl/N-ethyl adjacent to an activating group) is 2. The number of alkyl halides is 6. The molecule has 2 aliphatic rings. The van der Waals surface area contributed by atoms with Crippen molar-refractivity contribution in [1.82, 2.24) is 9.80 Å². The van der Waals surface area contributed by atoms with Gasteiger partial charge >= 0.3 is 12.4 Å². The molecule has 2 aliphatic heterocycles. The van der Waals surface area contributed by atoms with Crippen molar-refractivity contribution in [3.8, 4) is 20.9 Å². The van der Waals surface area contributed by atoms with Crippen molar-refractivity contribution in [2.24, 2.45) is 0 Å². The van der Waals surface area contributed by atoms with Crippen LogP contribution in [0, 0.1) is 0 Å². The second kappa shape index (κ2) is 9.70. The maximum atomic E-state index is 13.5. The summed E-state index contributed by atoms with van der Waals surface area (Å²) < 4.78 is 77.9. The van der Waals surface area contributed by atoms with E-state index < -0.39 is 23.5 Å². The Kier molecular flexibility index (Phi) is 6.46. The SMILES string of the molecule is CN1C(=O)C2=C(c3ccc(-c4ccc(C(F)(F)F)cc4)s3)N(C)C(=O)C2=C1c1ccc(-c2ccc(C(F)(F)F)cc2)s1. The van der Waals surface area contributed by atoms with Gasteiger partial charge in [0, 0.05) is 23.8 Å². The number of benzene rings is 2. The molecule has 0 saturated carbocycles. The van der Waals surface area contributed by atoms with Crippen molar-refractivity contribution in [2.75, 3.05) is 14.1 Å². The molecule has 0 saturated heterocycles. The molecule has 214 valence electrons. The van der Waals surface area contributed by atoms with Gasteiger partial charge in [0.15, 0.2) is 0 Å². The van der Waals surface area contributed by atoms with E-state index in [1.54, 1.807) is 38.4 Å². The average Bonchev–Trinajstić information content (AvgIpc) is 3.71. The first-order valence-electron chi connectivity index (χ1n) is 12.4. The Hall–Kier alpha value is -4.16. The maximum absolute atomic E-state index is 13.5. The highest BCUT2D eigenvalue weighted by Crippen LogP contribution is 2.49. The fraction of sp³-hybridized carbons (Fsp3) is 0.133. The first-order chi connectivity index (χ1) is 19.8. The second-order valence-corrected chi connectivity index (χ2v) is 11.8. The summed E-state index contributed by atoms with van der Waals surface area (Å²) in [4.78, 5) is 32.3. The fourth-order valence-electron chi connectivity index (χ4n) is 4.99. The quantitative estimate of drug-likeness (QED) is 0.217. The monoisotopic (exact) mass is 616 g/mol. The highest BCUT2D eigenvalue weighted by Gasteiger charge is 2.47. The molecule has 0 fully saturated rings. The molecule has 4 nitrogen and oxygen atoms in total. The lowest BCUT2D eigenvalue weighted by Crippen LogP contribution is -2.24. The number of thiophene rings is 2. The molecule has 6 rings (SSSR count). The third-order valence-electron chi connectivity index (χ3n) is 7.10. The van der Waals surface area contributed by atoms with Crippen LogP contribution < -0.4 is 0 Å². The highest BCUT2D eigenvalue weighted by molar-refractivity contribution is 7.17. The van der Waals surface area contributed by atoms with E-state index in [4.69, 9.17) is 0 Å². The predicted octanol–water partition coefficient (Wildman–Crippen LogP) is 8.25. The van der Waals surface area contributed by atoms with E-state index in [1.165, 1.54) is 56.7 Å². The van der Waals surface area contributed by atoms with Gasteiger partial charge in [0.1, 0.15) is 0 Å². The number of amides is 2. The molecule has 4 heterocycles. The molecule has 42 heavy (non-hydrogen) atoms. The van der Waals surface area contributed by atoms with Gasteiger partial charge in [0.25, 0.3) is 11.8 Å². The Bertz CT molecular complexity index is 1680. The first kappa shape index (κ1) is 28.0. The lowest BCUT2D eigenvalue weighted by Gasteiger charge is -2.18. The number of fused-ring (bicyclic) bond motifs is 1. The van der Waals surface area contributed by atoms with E-state index in [0.717, 1.165) is 24.3 Å². The van der Waals surface area contributed by atoms with Crippen LogP contribution in [0.25, 0.3) is 32.3 Å². The van der Waals surface area contributed by atoms with Crippen LogP contribution in [0.3, 0.4) is 0 Å². The highest BCUT2D eigenvalue weighted by atomic mass is 32.1. The molecule has 0 spiro atoms. The zero-order valence-electron chi connectivity index (χ0n) is 21.7. The number of carbonyl (C=O) groups is 2. The van der Waals surface area contributed by atoms with Gasteiger partial charge in [-0.05, 0) is 59.7 Å². The Labute approximate surface area is 243 Å². The van der Waals surface area contributed by atoms with Crippen LogP contribution >= 0.6 is 22.7 Å². The van der Waals surface area contributed by atoms with Gasteiger partial charge in [-0.3, -0.25) is 9.59 Å². The van der Waals surface area contributed by atoms with Gasteiger partial charge in [0.2, 0.25) is 0 Å². The van der Waals surface area contributed by atoms with Gasteiger partial charge in [-0.25, -0.2) is 0 Å². The summed E-state index contributed by atoms with van der Waals surface area (Å²) in [6, 6.07) is 16.4. The Morgan fingerprint density at radius 1 is 0.500 bits per heavy atom. The average molecular weight is 617 g/mol. The van der Waals surface area contributed by atoms with Crippen LogP contribution in [0.5, 0.6) is 0 Å². The van der Waals surface area contributed by atoms with E-state index in [0.29, 0.717) is 42.0 Å². The lowest BCUT2D eigenvalue weighted by molar-refractivity contribution is -0.138. The molecular weight excluding hydrogens is 598 g/mol. The van der Waals surface area contributed by atoms with E-state index >= 15 is 0 Å². The van der Waals surface area contributed by atoms with Crippen LogP contribution in [0.1, 0.15) is 20.9 Å². The van der Waals surface area contributed by atoms with Gasteiger partial charge in [0.05, 0.1) is 43.4 Å². The minimum absolute atomic E-state index is 0.227. The van der Waals surface area contributed by atoms with Crippen molar-refractivity contribution >= 4 is 45.9 Å². The van der Waals surface area contributed by atoms with E-state index in [1.807, 2.05) is 0 Å². The summed E-state index contributed by atoms with van der Waals surface area (Å²) in [6.45, 7) is 0. The third-order valence-corrected chi connectivity index (χ3v) is 9.39. The minimum Gasteiger partial charge on any atom is -0.309 e. The van der Waals surface area contributed by atoms with E-state index in [2.05, 4.69) is 0 Å². The number of nitrogens with zero attached hydrogens (tertiary/aromatic N) is 2. The van der Waals surface area contributed by atoms with Crippen LogP contribution in [-0.4, -0.2) is 35.7 Å². The van der Waals surface area contributed by atoms with Gasteiger partial charge in [-0.2, -0.15) is 26.3 Å². The molecule has 2 aromatic carbocycles. The smallest absolute Gasteiger partial charge is 0.309 e. The minimum atomic E-state index is -4.45. The number of hydrogen-bond acceptors (Lipinski definition) is 4. The Morgan fingerprint density at radius 3 is 1.12 bits per heavy atom. The van der Waals surface area contributed by atoms with Gasteiger partial charge < -0.3 is 9.80 Å². The van der Waals surface area contributed by atoms with Crippen LogP contribution in [0.2, 0.25) is 0 Å². The number of carbonyl (C=O) groups excluding carboxylic acids is 2. The summed E-state index contributed by atoms with van der Waals surface area (Å²) in [6.07, 6.45) is -8.90. The molecule has 0 N–H and O–H groups in total. The number of hydrogen-bond donors (Lipinski definition) is 0. The standard InChI is InChI=1S/C30H18F6N2O2S2/c1-37-25(21-13-11-19(41-21)15-3-7-17(8-4-15)29(31,32)33)23-24(27(37)39)26(38(2)28(23)40)22-14-12-20(42-22)16-5-9-18(10-6-16)30(34,35)36/h3-14H,1-2H3. The molecule has 0 bridgehead atoms. The molecule has 0 radical (unpaired) electrons. The molecule has 4 aromatic rings. The van der Waals surface area contributed by atoms with Crippen molar-refractivity contribution in [2.45, 2.75) is 12.4 Å². The van der Waals surface area contributed by atoms with Crippen LogP contribution in [0.4, 0.5) is 26.3 Å². The molecule has 0 unspecified atom stereocenters. The normalized spacial score (nSPS) is 15.9. The Morgan fingerprint density at radius 2 is 0.810 bits per heavy atom. The third kappa shape index (κ3) is 4.54. The molecule has 12 heteroatoms. The van der Waals surface area contributed by atoms with Crippen molar-refractivity contribution < 1.29 is 35.9 Å². The van der Waals surface area contributed by atoms with Crippen molar-refractivity contribution in [3.05, 3.63) is 105 Å². The summed E-state index contributed by atoms with van der Waals surface area (Å²) in [5.74, 6) is -0.775. The van der Waals surface area contributed by atoms with E-state index in [-0.39, 0.29) is 23.0 Å².